The average Bonchev–Trinajstić information content (AvgIpc) is 2.84. The van der Waals surface area contributed by atoms with Gasteiger partial charge in [0.25, 0.3) is 0 Å². The van der Waals surface area contributed by atoms with Crippen LogP contribution in [0.15, 0.2) is 29.2 Å². The highest BCUT2D eigenvalue weighted by Gasteiger charge is 2.25. The lowest BCUT2D eigenvalue weighted by molar-refractivity contribution is 0.457. The highest BCUT2D eigenvalue weighted by atomic mass is 32.2. The van der Waals surface area contributed by atoms with Crippen molar-refractivity contribution < 1.29 is 8.42 Å². The van der Waals surface area contributed by atoms with Crippen LogP contribution in [0.25, 0.3) is 0 Å². The minimum atomic E-state index is -3.73. The molecule has 112 valence electrons. The van der Waals surface area contributed by atoms with Gasteiger partial charge in [-0.25, -0.2) is 13.4 Å². The molecule has 0 aliphatic carbocycles. The van der Waals surface area contributed by atoms with Crippen molar-refractivity contribution in [1.29, 1.82) is 0 Å². The van der Waals surface area contributed by atoms with Crippen LogP contribution in [0.5, 0.6) is 0 Å². The summed E-state index contributed by atoms with van der Waals surface area (Å²) in [6.45, 7) is 1.80. The first-order valence-corrected chi connectivity index (χ1v) is 7.90. The van der Waals surface area contributed by atoms with E-state index in [4.69, 9.17) is 18.0 Å². The lowest BCUT2D eigenvalue weighted by atomic mass is 10.2. The Morgan fingerprint density at radius 2 is 2.10 bits per heavy atom. The minimum absolute atomic E-state index is 0.0383. The van der Waals surface area contributed by atoms with E-state index in [-0.39, 0.29) is 16.4 Å². The molecule has 7 nitrogen and oxygen atoms in total. The molecule has 3 N–H and O–H groups in total. The zero-order valence-electron chi connectivity index (χ0n) is 11.6. The number of nitrogens with two attached hydrogens (primary N) is 1. The molecule has 0 amide bonds. The smallest absolute Gasteiger partial charge is 0.243 e. The molecule has 0 aliphatic rings. The molecule has 0 aliphatic heterocycles. The number of aromatic nitrogens is 3. The summed E-state index contributed by atoms with van der Waals surface area (Å²) in [4.78, 5) is 4.21. The SMILES string of the molecule is Cc1nc(CN(C)S(=O)(=O)c2ccccc2C(N)=S)n[nH]1. The number of nitrogens with zero attached hydrogens (tertiary/aromatic N) is 3. The summed E-state index contributed by atoms with van der Waals surface area (Å²) >= 11 is 4.90. The summed E-state index contributed by atoms with van der Waals surface area (Å²) in [7, 11) is -2.28. The highest BCUT2D eigenvalue weighted by Crippen LogP contribution is 2.20. The minimum Gasteiger partial charge on any atom is -0.389 e. The van der Waals surface area contributed by atoms with Gasteiger partial charge in [0, 0.05) is 12.6 Å². The van der Waals surface area contributed by atoms with Gasteiger partial charge in [0.2, 0.25) is 10.0 Å². The van der Waals surface area contributed by atoms with Crippen LogP contribution in [0.4, 0.5) is 0 Å². The van der Waals surface area contributed by atoms with Gasteiger partial charge in [-0.1, -0.05) is 30.4 Å². The van der Waals surface area contributed by atoms with Crippen LogP contribution < -0.4 is 5.73 Å². The summed E-state index contributed by atoms with van der Waals surface area (Å²) in [5, 5.41) is 6.60. The number of benzene rings is 1. The molecule has 2 aromatic rings. The number of sulfonamides is 1. The summed E-state index contributed by atoms with van der Waals surface area (Å²) in [6, 6.07) is 6.37. The molecule has 0 saturated carbocycles. The topological polar surface area (TPSA) is 105 Å². The Morgan fingerprint density at radius 3 is 2.67 bits per heavy atom. The second-order valence-corrected chi connectivity index (χ2v) is 6.91. The zero-order valence-corrected chi connectivity index (χ0v) is 13.2. The van der Waals surface area contributed by atoms with Crippen LogP contribution in [-0.2, 0) is 16.6 Å². The molecule has 0 saturated heterocycles. The number of thiocarbonyl (C=S) groups is 1. The predicted molar refractivity (Wildman–Crippen MR) is 82.1 cm³/mol. The number of hydrogen-bond donors (Lipinski definition) is 2. The maximum Gasteiger partial charge on any atom is 0.243 e. The van der Waals surface area contributed by atoms with Gasteiger partial charge < -0.3 is 5.73 Å². The zero-order chi connectivity index (χ0) is 15.6. The van der Waals surface area contributed by atoms with E-state index in [2.05, 4.69) is 15.2 Å². The Bertz CT molecular complexity index is 769. The average molecular weight is 325 g/mol. The second-order valence-electron chi connectivity index (χ2n) is 4.46. The highest BCUT2D eigenvalue weighted by molar-refractivity contribution is 7.89. The number of hydrogen-bond acceptors (Lipinski definition) is 5. The standard InChI is InChI=1S/C12H15N5O2S2/c1-8-14-11(16-15-8)7-17(2)21(18,19)10-6-4-3-5-9(10)12(13)20/h3-6H,7H2,1-2H3,(H2,13,20)(H,14,15,16). The first-order valence-electron chi connectivity index (χ1n) is 6.05. The van der Waals surface area contributed by atoms with Gasteiger partial charge in [-0.05, 0) is 13.0 Å². The molecule has 0 fully saturated rings. The molecule has 0 radical (unpaired) electrons. The van der Waals surface area contributed by atoms with Crippen LogP contribution in [0, 0.1) is 6.92 Å². The molecule has 9 heteroatoms. The van der Waals surface area contributed by atoms with E-state index in [0.29, 0.717) is 17.2 Å². The summed E-state index contributed by atoms with van der Waals surface area (Å²) in [5.74, 6) is 1.02. The summed E-state index contributed by atoms with van der Waals surface area (Å²) < 4.78 is 26.4. The molecular weight excluding hydrogens is 310 g/mol. The van der Waals surface area contributed by atoms with Crippen molar-refractivity contribution in [3.63, 3.8) is 0 Å². The Hall–Kier alpha value is -1.84. The number of H-pyrrole nitrogens is 1. The van der Waals surface area contributed by atoms with Crippen molar-refractivity contribution in [2.24, 2.45) is 5.73 Å². The molecule has 1 aromatic carbocycles. The van der Waals surface area contributed by atoms with E-state index in [1.54, 1.807) is 25.1 Å². The molecular formula is C12H15N5O2S2. The normalized spacial score (nSPS) is 11.8. The molecule has 0 unspecified atom stereocenters. The first-order chi connectivity index (χ1) is 9.82. The lowest BCUT2D eigenvalue weighted by Gasteiger charge is -2.17. The van der Waals surface area contributed by atoms with Crippen molar-refractivity contribution >= 4 is 27.2 Å². The maximum absolute atomic E-state index is 12.6. The molecule has 2 rings (SSSR count). The maximum atomic E-state index is 12.6. The van der Waals surface area contributed by atoms with Gasteiger partial charge in [0.1, 0.15) is 10.8 Å². The van der Waals surface area contributed by atoms with Gasteiger partial charge in [0.05, 0.1) is 11.4 Å². The van der Waals surface area contributed by atoms with Crippen LogP contribution in [0.3, 0.4) is 0 Å². The Balaban J connectivity index is 2.35. The first kappa shape index (κ1) is 15.5. The van der Waals surface area contributed by atoms with Crippen molar-refractivity contribution in [2.75, 3.05) is 7.05 Å². The summed E-state index contributed by atoms with van der Waals surface area (Å²) in [6.07, 6.45) is 0. The largest absolute Gasteiger partial charge is 0.389 e. The van der Waals surface area contributed by atoms with E-state index < -0.39 is 10.0 Å². The van der Waals surface area contributed by atoms with E-state index in [1.165, 1.54) is 13.1 Å². The predicted octanol–water partition coefficient (Wildman–Crippen LogP) is 0.568. The van der Waals surface area contributed by atoms with Crippen LogP contribution >= 0.6 is 12.2 Å². The fraction of sp³-hybridized carbons (Fsp3) is 0.250. The third-order valence-electron chi connectivity index (χ3n) is 2.85. The third-order valence-corrected chi connectivity index (χ3v) is 4.93. The third kappa shape index (κ3) is 3.26. The Morgan fingerprint density at radius 1 is 1.43 bits per heavy atom. The molecule has 1 aromatic heterocycles. The monoisotopic (exact) mass is 325 g/mol. The number of aromatic amines is 1. The van der Waals surface area contributed by atoms with Crippen molar-refractivity contribution in [2.45, 2.75) is 18.4 Å². The Labute approximate surface area is 128 Å². The van der Waals surface area contributed by atoms with Gasteiger partial charge in [-0.15, -0.1) is 0 Å². The molecule has 0 bridgehead atoms. The quantitative estimate of drug-likeness (QED) is 0.779. The number of nitrogens with one attached hydrogen (secondary N) is 1. The van der Waals surface area contributed by atoms with Crippen molar-refractivity contribution in [1.82, 2.24) is 19.5 Å². The van der Waals surface area contributed by atoms with Crippen molar-refractivity contribution in [3.05, 3.63) is 41.5 Å². The fourth-order valence-electron chi connectivity index (χ4n) is 1.81. The van der Waals surface area contributed by atoms with E-state index in [0.717, 1.165) is 4.31 Å². The van der Waals surface area contributed by atoms with Gasteiger partial charge in [-0.2, -0.15) is 9.40 Å². The molecule has 1 heterocycles. The van der Waals surface area contributed by atoms with Crippen LogP contribution in [0.2, 0.25) is 0 Å². The summed E-state index contributed by atoms with van der Waals surface area (Å²) in [5.41, 5.74) is 5.91. The van der Waals surface area contributed by atoms with Gasteiger partial charge in [0.15, 0.2) is 5.82 Å². The molecule has 0 spiro atoms. The molecule has 21 heavy (non-hydrogen) atoms. The van der Waals surface area contributed by atoms with Crippen LogP contribution in [0.1, 0.15) is 17.2 Å². The number of rotatable bonds is 5. The second kappa shape index (κ2) is 5.88. The lowest BCUT2D eigenvalue weighted by Crippen LogP contribution is -2.29. The van der Waals surface area contributed by atoms with E-state index >= 15 is 0 Å². The van der Waals surface area contributed by atoms with Crippen LogP contribution in [-0.4, -0.2) is 39.9 Å². The molecule has 0 atom stereocenters. The van der Waals surface area contributed by atoms with Crippen molar-refractivity contribution in [3.8, 4) is 0 Å². The van der Waals surface area contributed by atoms with E-state index in [9.17, 15) is 8.42 Å². The van der Waals surface area contributed by atoms with Gasteiger partial charge >= 0.3 is 0 Å². The Kier molecular flexibility index (Phi) is 4.35. The van der Waals surface area contributed by atoms with E-state index in [1.807, 2.05) is 0 Å². The fourth-order valence-corrected chi connectivity index (χ4v) is 3.38. The van der Waals surface area contributed by atoms with Gasteiger partial charge in [-0.3, -0.25) is 5.10 Å². The number of aryl methyl sites for hydroxylation is 1.